The molecule has 2 unspecified atom stereocenters. The number of hydrogen-bond acceptors (Lipinski definition) is 6. The smallest absolute Gasteiger partial charge is 0.333 e. The summed E-state index contributed by atoms with van der Waals surface area (Å²) in [6.45, 7) is -0.653. The molecule has 8 aliphatic rings. The normalized spacial score (nSPS) is 15.4. The van der Waals surface area contributed by atoms with Crippen LogP contribution >= 0.6 is 0 Å². The first-order valence-electron chi connectivity index (χ1n) is 46.1. The summed E-state index contributed by atoms with van der Waals surface area (Å²) in [5.74, 6) is 0.891. The van der Waals surface area contributed by atoms with Gasteiger partial charge in [-0.1, -0.05) is 279 Å². The standard InChI is InChI=1S/C120H67B3N6O3/c1-4-26-72(27-5-1)124-97-57-51-66-24-10-12-32-75(66)108(97)122-113-100(124)64-93-80-36-16-19-47-102(80)130-119(93)107(113)87-43-23-40-84-90-61-71(54-56-96(90)129(122)116(84)87)77-37-20-44-88-105-104(132-118(77)88)65-101-112-106(105)86-42-22-39-83-79-35-15-18-46-95(79)128(115(83)86)123(112)110-89-60-69(49-48-68(89)53-58-98(110)125(101)73-28-6-2-7-29-73)70-50-55-81-92-63-91-85-41-21-38-82-78-34-14-17-45-94(78)127(114(82)85)121-109-76-33-13-11-25-67(76)52-59-99(109)126(74-30-8-3-9-31-74)117(111(91)121)120(92)131-103(81)62-70/h1-65,81,103H. The van der Waals surface area contributed by atoms with Crippen LogP contribution in [-0.2, 0) is 0 Å². The molecule has 0 bridgehead atoms. The second kappa shape index (κ2) is 24.7. The number of rotatable bonds is 5. The van der Waals surface area contributed by atoms with Gasteiger partial charge in [0, 0.05) is 178 Å². The lowest BCUT2D eigenvalue weighted by Gasteiger charge is -2.41. The molecule has 0 fully saturated rings. The monoisotopic (exact) mass is 1670 g/mol. The second-order valence-corrected chi connectivity index (χ2v) is 37.3. The number of anilines is 9. The zero-order valence-electron chi connectivity index (χ0n) is 70.8. The number of hydrogen-bond donors (Lipinski definition) is 0. The maximum Gasteiger partial charge on any atom is 0.333 e. The van der Waals surface area contributed by atoms with Crippen LogP contribution in [-0.4, -0.2) is 40.1 Å². The van der Waals surface area contributed by atoms with Crippen LogP contribution in [0.5, 0.6) is 5.75 Å². The molecule has 5 aromatic heterocycles. The Bertz CT molecular complexity index is 9800. The molecule has 7 aliphatic heterocycles. The first-order valence-corrected chi connectivity index (χ1v) is 46.1. The Hall–Kier alpha value is -16.9. The zero-order chi connectivity index (χ0) is 85.0. The third-order valence-corrected chi connectivity index (χ3v) is 31.2. The predicted octanol–water partition coefficient (Wildman–Crippen LogP) is 26.7. The van der Waals surface area contributed by atoms with E-state index in [0.717, 1.165) is 129 Å². The fraction of sp³-hybridized carbons (Fsp3) is 0.0167. The molecule has 12 heterocycles. The van der Waals surface area contributed by atoms with Crippen LogP contribution in [0.1, 0.15) is 17.0 Å². The van der Waals surface area contributed by atoms with Gasteiger partial charge in [-0.3, -0.25) is 0 Å². The molecule has 132 heavy (non-hydrogen) atoms. The van der Waals surface area contributed by atoms with Crippen LogP contribution in [0.4, 0.5) is 51.2 Å². The predicted molar refractivity (Wildman–Crippen MR) is 550 cm³/mol. The first-order chi connectivity index (χ1) is 65.5. The first kappa shape index (κ1) is 69.2. The summed E-state index contributed by atoms with van der Waals surface area (Å²) in [5, 5.41) is 19.1. The van der Waals surface area contributed by atoms with Gasteiger partial charge in [-0.2, -0.15) is 0 Å². The Kier molecular flexibility index (Phi) is 12.9. The summed E-state index contributed by atoms with van der Waals surface area (Å²) in [5.41, 5.74) is 41.3. The molecular formula is C120H67B3N6O3. The van der Waals surface area contributed by atoms with Crippen LogP contribution in [0, 0.1) is 0 Å². The Labute approximate surface area is 755 Å². The van der Waals surface area contributed by atoms with Crippen molar-refractivity contribution in [3.63, 3.8) is 0 Å². The number of allylic oxidation sites excluding steroid dienone is 2. The molecule has 0 spiro atoms. The fourth-order valence-electron chi connectivity index (χ4n) is 26.1. The molecule has 9 nitrogen and oxygen atoms in total. The van der Waals surface area contributed by atoms with Crippen molar-refractivity contribution in [1.82, 2.24) is 13.4 Å². The van der Waals surface area contributed by atoms with Crippen LogP contribution in [0.3, 0.4) is 0 Å². The van der Waals surface area contributed by atoms with E-state index >= 15 is 0 Å². The largest absolute Gasteiger partial charge is 0.483 e. The van der Waals surface area contributed by atoms with E-state index in [1.807, 2.05) is 0 Å². The lowest BCUT2D eigenvalue weighted by atomic mass is 9.44. The van der Waals surface area contributed by atoms with E-state index in [1.54, 1.807) is 0 Å². The minimum atomic E-state index is -0.296. The summed E-state index contributed by atoms with van der Waals surface area (Å²) in [6, 6.07) is 141. The molecule has 1 aliphatic carbocycles. The molecule has 33 rings (SSSR count). The third kappa shape index (κ3) is 8.53. The average molecular weight is 1670 g/mol. The number of nitrogens with zero attached hydrogens (tertiary/aromatic N) is 6. The SMILES string of the molecule is C1=CC2c3cc4c5c(c3OC2C=C1c1ccc2ccc3c(c2c1)B1c2c(cc6oc7c(-c8ccc9c(c8)c8cccc%10c8n9B8c9c(cc%11c(oc%12ccccc%12%11)c9-%10)N(c9ccccc9)c9ccc%10ccccc%10c98)cccc7c6c2-c2cccc6c7ccccc7n1c26)N3c1ccccc1)N(c1ccccc1)c1ccc2ccccc2c1B5n1c2ccccc2c2cccc-4c21. The van der Waals surface area contributed by atoms with Crippen LogP contribution in [0.25, 0.3) is 192 Å². The minimum Gasteiger partial charge on any atom is -0.483 e. The van der Waals surface area contributed by atoms with Crippen molar-refractivity contribution in [2.45, 2.75) is 12.0 Å². The highest BCUT2D eigenvalue weighted by Gasteiger charge is 2.52. The lowest BCUT2D eigenvalue weighted by Crippen LogP contribution is -2.57. The molecule has 0 amide bonds. The molecule has 604 valence electrons. The maximum absolute atomic E-state index is 7.86. The Morgan fingerprint density at radius 1 is 0.273 bits per heavy atom. The van der Waals surface area contributed by atoms with Crippen molar-refractivity contribution in [3.05, 3.63) is 405 Å². The third-order valence-electron chi connectivity index (χ3n) is 31.2. The summed E-state index contributed by atoms with van der Waals surface area (Å²) in [6.07, 6.45) is 6.99. The van der Waals surface area contributed by atoms with Gasteiger partial charge in [0.05, 0.1) is 5.69 Å². The van der Waals surface area contributed by atoms with Gasteiger partial charge in [-0.25, -0.2) is 0 Å². The summed E-state index contributed by atoms with van der Waals surface area (Å²) < 4.78 is 31.0. The second-order valence-electron chi connectivity index (χ2n) is 37.3. The summed E-state index contributed by atoms with van der Waals surface area (Å²) >= 11 is 0. The molecule has 0 saturated heterocycles. The number of aromatic nitrogens is 3. The van der Waals surface area contributed by atoms with Crippen molar-refractivity contribution in [2.24, 2.45) is 0 Å². The molecule has 12 heteroatoms. The van der Waals surface area contributed by atoms with E-state index in [2.05, 4.69) is 422 Å². The van der Waals surface area contributed by atoms with Gasteiger partial charge in [0.15, 0.2) is 0 Å². The van der Waals surface area contributed by atoms with Crippen molar-refractivity contribution in [1.29, 1.82) is 0 Å². The van der Waals surface area contributed by atoms with E-state index < -0.39 is 0 Å². The van der Waals surface area contributed by atoms with Crippen LogP contribution in [0.2, 0.25) is 0 Å². The topological polar surface area (TPSA) is 60.0 Å². The Morgan fingerprint density at radius 2 is 0.742 bits per heavy atom. The van der Waals surface area contributed by atoms with E-state index in [1.165, 1.54) is 164 Å². The van der Waals surface area contributed by atoms with Crippen LogP contribution < -0.4 is 52.2 Å². The Morgan fingerprint density at radius 3 is 1.40 bits per heavy atom. The number of para-hydroxylation sites is 10. The van der Waals surface area contributed by atoms with Crippen molar-refractivity contribution < 1.29 is 13.6 Å². The van der Waals surface area contributed by atoms with E-state index in [4.69, 9.17) is 13.6 Å². The van der Waals surface area contributed by atoms with Gasteiger partial charge < -0.3 is 41.7 Å². The van der Waals surface area contributed by atoms with Crippen molar-refractivity contribution in [2.75, 3.05) is 14.7 Å². The molecule has 0 radical (unpaired) electrons. The average Bonchev–Trinajstić information content (AvgIpc) is 1.46. The van der Waals surface area contributed by atoms with Crippen LogP contribution in [0.15, 0.2) is 403 Å². The highest BCUT2D eigenvalue weighted by Crippen LogP contribution is 2.59. The van der Waals surface area contributed by atoms with Crippen molar-refractivity contribution >= 4 is 252 Å². The lowest BCUT2D eigenvalue weighted by molar-refractivity contribution is 0.270. The maximum atomic E-state index is 7.86. The van der Waals surface area contributed by atoms with Gasteiger partial charge in [0.1, 0.15) is 34.2 Å². The molecule has 2 atom stereocenters. The van der Waals surface area contributed by atoms with Crippen molar-refractivity contribution in [3.8, 4) is 50.3 Å². The minimum absolute atomic E-state index is 0.0534. The summed E-state index contributed by atoms with van der Waals surface area (Å²) in [7, 11) is 0. The quantitative estimate of drug-likeness (QED) is 0.160. The molecule has 25 aromatic rings. The molecule has 20 aromatic carbocycles. The molecule has 0 N–H and O–H groups in total. The summed E-state index contributed by atoms with van der Waals surface area (Å²) in [4.78, 5) is 7.60. The van der Waals surface area contributed by atoms with E-state index in [9.17, 15) is 0 Å². The van der Waals surface area contributed by atoms with E-state index in [0.29, 0.717) is 0 Å². The Balaban J connectivity index is 0.574. The van der Waals surface area contributed by atoms with E-state index in [-0.39, 0.29) is 32.6 Å². The zero-order valence-corrected chi connectivity index (χ0v) is 70.8. The molecular weight excluding hydrogens is 1610 g/mol. The van der Waals surface area contributed by atoms with Gasteiger partial charge in [-0.15, -0.1) is 0 Å². The van der Waals surface area contributed by atoms with Gasteiger partial charge >= 0.3 is 20.5 Å². The number of furan rings is 2. The van der Waals surface area contributed by atoms with Gasteiger partial charge in [0.2, 0.25) is 0 Å². The highest BCUT2D eigenvalue weighted by atomic mass is 16.5. The van der Waals surface area contributed by atoms with Gasteiger partial charge in [0.25, 0.3) is 0 Å². The highest BCUT2D eigenvalue weighted by molar-refractivity contribution is 6.94. The molecule has 0 saturated carbocycles. The number of fused-ring (bicyclic) bond motifs is 39. The number of ether oxygens (including phenoxy) is 1. The van der Waals surface area contributed by atoms with Gasteiger partial charge in [-0.05, 0) is 202 Å². The fourth-order valence-corrected chi connectivity index (χ4v) is 26.1. The number of benzene rings is 20.